The summed E-state index contributed by atoms with van der Waals surface area (Å²) in [6, 6.07) is 0. The molecule has 5 heteroatoms. The normalized spacial score (nSPS) is 26.0. The monoisotopic (exact) mass is 242 g/mol. The van der Waals surface area contributed by atoms with Gasteiger partial charge in [-0.25, -0.2) is 0 Å². The highest BCUT2D eigenvalue weighted by molar-refractivity contribution is 5.96. The van der Waals surface area contributed by atoms with Crippen molar-refractivity contribution in [1.82, 2.24) is 0 Å². The smallest absolute Gasteiger partial charge is 0.317 e. The van der Waals surface area contributed by atoms with E-state index in [4.69, 9.17) is 10.2 Å². The van der Waals surface area contributed by atoms with Crippen LogP contribution in [0.25, 0.3) is 0 Å². The van der Waals surface area contributed by atoms with E-state index < -0.39 is 0 Å². The Hall–Kier alpha value is -1.20. The quantitative estimate of drug-likeness (QED) is 0.324. The molecule has 2 N–H and O–H groups in total. The minimum absolute atomic E-state index is 0.188. The van der Waals surface area contributed by atoms with Gasteiger partial charge in [0.05, 0.1) is 11.8 Å². The minimum atomic E-state index is -0.343. The van der Waals surface area contributed by atoms with Crippen molar-refractivity contribution in [1.29, 1.82) is 0 Å². The van der Waals surface area contributed by atoms with Gasteiger partial charge >= 0.3 is 11.9 Å². The van der Waals surface area contributed by atoms with Gasteiger partial charge in [0.15, 0.2) is 0 Å². The van der Waals surface area contributed by atoms with Crippen molar-refractivity contribution >= 4 is 11.9 Å². The number of allylic oxidation sites excluding steroid dienone is 2. The molecule has 0 spiro atoms. The summed E-state index contributed by atoms with van der Waals surface area (Å²) >= 11 is 0. The predicted octanol–water partition coefficient (Wildman–Crippen LogP) is 0.403. The van der Waals surface area contributed by atoms with E-state index in [1.165, 1.54) is 0 Å². The van der Waals surface area contributed by atoms with Crippen LogP contribution in [0.3, 0.4) is 0 Å². The van der Waals surface area contributed by atoms with Crippen LogP contribution in [0, 0.1) is 11.8 Å². The average Bonchev–Trinajstić information content (AvgIpc) is 2.64. The van der Waals surface area contributed by atoms with E-state index >= 15 is 0 Å². The van der Waals surface area contributed by atoms with Crippen molar-refractivity contribution in [3.63, 3.8) is 0 Å². The van der Waals surface area contributed by atoms with Crippen LogP contribution in [-0.2, 0) is 14.3 Å². The highest BCUT2D eigenvalue weighted by atomic mass is 16.6. The average molecular weight is 242 g/mol. The SMILES string of the molecule is O=C1OC(=O)[C@@H]2CC=CC[C@H]12.OCCCCO. The summed E-state index contributed by atoms with van der Waals surface area (Å²) in [5.74, 6) is -1.06. The van der Waals surface area contributed by atoms with Gasteiger partial charge in [-0.15, -0.1) is 0 Å². The lowest BCUT2D eigenvalue weighted by atomic mass is 9.85. The van der Waals surface area contributed by atoms with E-state index in [2.05, 4.69) is 4.74 Å². The van der Waals surface area contributed by atoms with Crippen LogP contribution < -0.4 is 0 Å². The zero-order valence-corrected chi connectivity index (χ0v) is 9.67. The first-order valence-electron chi connectivity index (χ1n) is 5.83. The molecule has 0 unspecified atom stereocenters. The first-order chi connectivity index (χ1) is 8.20. The molecule has 0 amide bonds. The van der Waals surface area contributed by atoms with Crippen LogP contribution in [0.1, 0.15) is 25.7 Å². The number of rotatable bonds is 3. The summed E-state index contributed by atoms with van der Waals surface area (Å²) in [6.45, 7) is 0.390. The molecule has 1 heterocycles. The topological polar surface area (TPSA) is 83.8 Å². The second kappa shape index (κ2) is 7.19. The molecule has 0 aromatic rings. The molecule has 2 atom stereocenters. The Morgan fingerprint density at radius 1 is 1.00 bits per heavy atom. The Balaban J connectivity index is 0.000000209. The minimum Gasteiger partial charge on any atom is -0.396 e. The number of aliphatic hydroxyl groups is 2. The van der Waals surface area contributed by atoms with E-state index in [1.54, 1.807) is 0 Å². The molecule has 0 radical (unpaired) electrons. The number of aliphatic hydroxyl groups excluding tert-OH is 2. The number of hydrogen-bond acceptors (Lipinski definition) is 5. The van der Waals surface area contributed by atoms with Crippen LogP contribution in [0.5, 0.6) is 0 Å². The van der Waals surface area contributed by atoms with E-state index in [-0.39, 0.29) is 37.0 Å². The highest BCUT2D eigenvalue weighted by Gasteiger charge is 2.43. The van der Waals surface area contributed by atoms with Gasteiger partial charge < -0.3 is 14.9 Å². The molecule has 2 rings (SSSR count). The van der Waals surface area contributed by atoms with Crippen molar-refractivity contribution in [2.24, 2.45) is 11.8 Å². The molecule has 1 aliphatic heterocycles. The number of esters is 2. The Kier molecular flexibility index (Phi) is 5.86. The fraction of sp³-hybridized carbons (Fsp3) is 0.667. The molecule has 96 valence electrons. The Labute approximate surface area is 100 Å². The number of carbonyl (C=O) groups is 2. The van der Waals surface area contributed by atoms with Crippen LogP contribution >= 0.6 is 0 Å². The third-order valence-electron chi connectivity index (χ3n) is 2.81. The summed E-state index contributed by atoms with van der Waals surface area (Å²) < 4.78 is 4.49. The fourth-order valence-corrected chi connectivity index (χ4v) is 1.81. The maximum Gasteiger partial charge on any atom is 0.317 e. The molecule has 0 aromatic heterocycles. The maximum atomic E-state index is 10.9. The summed E-state index contributed by atoms with van der Waals surface area (Å²) in [5, 5.41) is 16.2. The lowest BCUT2D eigenvalue weighted by molar-refractivity contribution is -0.153. The molecule has 1 fully saturated rings. The number of hydrogen-bond donors (Lipinski definition) is 2. The molecule has 1 saturated heterocycles. The van der Waals surface area contributed by atoms with Crippen molar-refractivity contribution in [3.05, 3.63) is 12.2 Å². The first kappa shape index (κ1) is 13.9. The largest absolute Gasteiger partial charge is 0.396 e. The Bertz CT molecular complexity index is 269. The van der Waals surface area contributed by atoms with E-state index in [1.807, 2.05) is 12.2 Å². The predicted molar refractivity (Wildman–Crippen MR) is 59.9 cm³/mol. The molecule has 2 aliphatic rings. The van der Waals surface area contributed by atoms with Crippen LogP contribution in [-0.4, -0.2) is 35.4 Å². The zero-order valence-electron chi connectivity index (χ0n) is 9.67. The van der Waals surface area contributed by atoms with E-state index in [9.17, 15) is 9.59 Å². The number of unbranched alkanes of at least 4 members (excludes halogenated alkanes) is 1. The van der Waals surface area contributed by atoms with Crippen molar-refractivity contribution < 1.29 is 24.5 Å². The summed E-state index contributed by atoms with van der Waals surface area (Å²) in [4.78, 5) is 21.9. The molecular weight excluding hydrogens is 224 g/mol. The molecule has 0 saturated carbocycles. The summed E-state index contributed by atoms with van der Waals surface area (Å²) in [5.41, 5.74) is 0. The lowest BCUT2D eigenvalue weighted by Gasteiger charge is -2.12. The summed E-state index contributed by atoms with van der Waals surface area (Å²) in [7, 11) is 0. The first-order valence-corrected chi connectivity index (χ1v) is 5.83. The van der Waals surface area contributed by atoms with E-state index in [0.29, 0.717) is 12.8 Å². The Morgan fingerprint density at radius 3 is 1.76 bits per heavy atom. The molecule has 17 heavy (non-hydrogen) atoms. The lowest BCUT2D eigenvalue weighted by Crippen LogP contribution is -2.18. The second-order valence-electron chi connectivity index (χ2n) is 4.05. The van der Waals surface area contributed by atoms with Gasteiger partial charge in [0.1, 0.15) is 0 Å². The van der Waals surface area contributed by atoms with Gasteiger partial charge in [0.25, 0.3) is 0 Å². The van der Waals surface area contributed by atoms with Crippen molar-refractivity contribution in [3.8, 4) is 0 Å². The number of fused-ring (bicyclic) bond motifs is 1. The Morgan fingerprint density at radius 2 is 1.41 bits per heavy atom. The number of cyclic esters (lactones) is 2. The molecule has 0 bridgehead atoms. The van der Waals surface area contributed by atoms with Crippen LogP contribution in [0.2, 0.25) is 0 Å². The van der Waals surface area contributed by atoms with Crippen molar-refractivity contribution in [2.45, 2.75) is 25.7 Å². The van der Waals surface area contributed by atoms with Gasteiger partial charge in [0, 0.05) is 13.2 Å². The van der Waals surface area contributed by atoms with Gasteiger partial charge in [-0.2, -0.15) is 0 Å². The number of ether oxygens (including phenoxy) is 1. The molecule has 0 aromatic carbocycles. The molecule has 1 aliphatic carbocycles. The van der Waals surface area contributed by atoms with E-state index in [0.717, 1.165) is 12.8 Å². The van der Waals surface area contributed by atoms with Gasteiger partial charge in [-0.3, -0.25) is 9.59 Å². The van der Waals surface area contributed by atoms with Gasteiger partial charge in [-0.1, -0.05) is 12.2 Å². The van der Waals surface area contributed by atoms with Gasteiger partial charge in [0.2, 0.25) is 0 Å². The fourth-order valence-electron chi connectivity index (χ4n) is 1.81. The third-order valence-corrected chi connectivity index (χ3v) is 2.81. The zero-order chi connectivity index (χ0) is 12.7. The van der Waals surface area contributed by atoms with Gasteiger partial charge in [-0.05, 0) is 25.7 Å². The second-order valence-corrected chi connectivity index (χ2v) is 4.05. The maximum absolute atomic E-state index is 10.9. The highest BCUT2D eigenvalue weighted by Crippen LogP contribution is 2.32. The molecule has 5 nitrogen and oxygen atoms in total. The third kappa shape index (κ3) is 3.94. The number of carbonyl (C=O) groups excluding carboxylic acids is 2. The summed E-state index contributed by atoms with van der Waals surface area (Å²) in [6.07, 6.45) is 6.62. The molecular formula is C12H18O5. The van der Waals surface area contributed by atoms with Crippen LogP contribution in [0.15, 0.2) is 12.2 Å². The van der Waals surface area contributed by atoms with Crippen molar-refractivity contribution in [2.75, 3.05) is 13.2 Å². The van der Waals surface area contributed by atoms with Crippen LogP contribution in [0.4, 0.5) is 0 Å². The standard InChI is InChI=1S/C8H8O3.C4H10O2/c9-7-5-3-1-2-4-6(5)8(10)11-7;5-3-1-2-4-6/h1-2,5-6H,3-4H2;5-6H,1-4H2/t5-,6+;.